The fraction of sp³-hybridized carbons (Fsp3) is 0.857. The molecule has 0 aliphatic rings. The summed E-state index contributed by atoms with van der Waals surface area (Å²) in [7, 11) is 0. The third-order valence-corrected chi connectivity index (χ3v) is 3.01. The van der Waals surface area contributed by atoms with Crippen LogP contribution in [-0.4, -0.2) is 23.5 Å². The summed E-state index contributed by atoms with van der Waals surface area (Å²) in [5.41, 5.74) is 0. The first kappa shape index (κ1) is 20.8. The Morgan fingerprint density at radius 2 is 1.58 bits per heavy atom. The molecule has 4 nitrogen and oxygen atoms in total. The van der Waals surface area contributed by atoms with Crippen molar-refractivity contribution in [3.63, 3.8) is 0 Å². The van der Waals surface area contributed by atoms with Gasteiger partial charge < -0.3 is 4.74 Å². The van der Waals surface area contributed by atoms with Crippen LogP contribution in [0.5, 0.6) is 0 Å². The van der Waals surface area contributed by atoms with Crippen LogP contribution in [0.3, 0.4) is 0 Å². The Bertz CT molecular complexity index is 229. The van der Waals surface area contributed by atoms with E-state index < -0.39 is 12.1 Å². The van der Waals surface area contributed by atoms with Crippen molar-refractivity contribution < 1.29 is 14.4 Å². The first-order valence-corrected chi connectivity index (χ1v) is 7.52. The van der Waals surface area contributed by atoms with Crippen molar-refractivity contribution in [1.82, 2.24) is 0 Å². The van der Waals surface area contributed by atoms with Gasteiger partial charge in [0.1, 0.15) is 11.0 Å². The van der Waals surface area contributed by atoms with E-state index in [9.17, 15) is 4.79 Å². The van der Waals surface area contributed by atoms with E-state index in [0.717, 1.165) is 0 Å². The molecule has 0 bridgehead atoms. The number of hydrogen-bond acceptors (Lipinski definition) is 5. The summed E-state index contributed by atoms with van der Waals surface area (Å²) >= 11 is 4.68. The second kappa shape index (κ2) is 15.5. The van der Waals surface area contributed by atoms with Crippen molar-refractivity contribution in [3.05, 3.63) is 0 Å². The maximum atomic E-state index is 10.8. The minimum absolute atomic E-state index is 0.0642. The van der Waals surface area contributed by atoms with E-state index in [0.29, 0.717) is 6.61 Å². The van der Waals surface area contributed by atoms with Gasteiger partial charge in [0.25, 0.3) is 0 Å². The van der Waals surface area contributed by atoms with Gasteiger partial charge in [-0.05, 0) is 13.8 Å². The lowest BCUT2D eigenvalue weighted by Gasteiger charge is -2.08. The first-order valence-electron chi connectivity index (χ1n) is 7.11. The average Bonchev–Trinajstić information content (AvgIpc) is 2.43. The van der Waals surface area contributed by atoms with Crippen molar-refractivity contribution in [2.75, 3.05) is 6.61 Å². The third-order valence-electron chi connectivity index (χ3n) is 2.51. The molecule has 0 saturated heterocycles. The largest absolute Gasteiger partial charge is 0.462 e. The zero-order valence-corrected chi connectivity index (χ0v) is 13.6. The van der Waals surface area contributed by atoms with E-state index in [2.05, 4.69) is 35.6 Å². The van der Waals surface area contributed by atoms with Crippen molar-refractivity contribution in [3.8, 4) is 0 Å². The Morgan fingerprint density at radius 3 is 1.89 bits per heavy atom. The molecule has 0 saturated carbocycles. The molecule has 0 radical (unpaired) electrons. The van der Waals surface area contributed by atoms with Crippen LogP contribution in [0.1, 0.15) is 66.2 Å². The second-order valence-electron chi connectivity index (χ2n) is 4.28. The van der Waals surface area contributed by atoms with Gasteiger partial charge in [-0.25, -0.2) is 10.7 Å². The van der Waals surface area contributed by atoms with E-state index >= 15 is 0 Å². The molecule has 5 heteroatoms. The molecular formula is C14H29NO3S. The van der Waals surface area contributed by atoms with Crippen LogP contribution < -0.4 is 5.90 Å². The summed E-state index contributed by atoms with van der Waals surface area (Å²) in [6.07, 6.45) is 7.92. The molecule has 0 aromatic carbocycles. The molecular weight excluding hydrogens is 262 g/mol. The molecule has 0 aliphatic carbocycles. The van der Waals surface area contributed by atoms with E-state index in [1.807, 2.05) is 0 Å². The lowest BCUT2D eigenvalue weighted by Crippen LogP contribution is -2.30. The third kappa shape index (κ3) is 13.7. The number of hydrogen-bond donors (Lipinski definition) is 1. The Morgan fingerprint density at radius 1 is 1.11 bits per heavy atom. The average molecular weight is 291 g/mol. The summed E-state index contributed by atoms with van der Waals surface area (Å²) in [5.74, 6) is 4.27. The highest BCUT2D eigenvalue weighted by molar-refractivity contribution is 7.82. The van der Waals surface area contributed by atoms with Crippen LogP contribution in [0, 0.1) is 0 Å². The summed E-state index contributed by atoms with van der Waals surface area (Å²) in [5, 5.41) is 0. The molecule has 114 valence electrons. The van der Waals surface area contributed by atoms with Gasteiger partial charge in [0, 0.05) is 0 Å². The summed E-state index contributed by atoms with van der Waals surface area (Å²) in [4.78, 5) is 15.2. The second-order valence-corrected chi connectivity index (χ2v) is 4.72. The van der Waals surface area contributed by atoms with E-state index in [-0.39, 0.29) is 4.86 Å². The summed E-state index contributed by atoms with van der Waals surface area (Å²) in [6, 6.07) is 0. The van der Waals surface area contributed by atoms with E-state index in [1.165, 1.54) is 38.5 Å². The predicted molar refractivity (Wildman–Crippen MR) is 83.0 cm³/mol. The van der Waals surface area contributed by atoms with Gasteiger partial charge in [-0.1, -0.05) is 64.6 Å². The van der Waals surface area contributed by atoms with Gasteiger partial charge in [-0.3, -0.25) is 4.84 Å². The molecule has 0 heterocycles. The Labute approximate surface area is 123 Å². The maximum Gasteiger partial charge on any atom is 0.347 e. The number of thiocarbonyl (C=S) groups is 1. The molecule has 0 aliphatic heterocycles. The Balaban J connectivity index is 0. The Hall–Kier alpha value is -0.520. The first-order chi connectivity index (χ1) is 9.04. The number of carbonyl (C=O) groups is 1. The number of esters is 1. The van der Waals surface area contributed by atoms with Gasteiger partial charge in [0.2, 0.25) is 0 Å². The zero-order chi connectivity index (χ0) is 15.1. The number of rotatable bonds is 9. The fourth-order valence-electron chi connectivity index (χ4n) is 1.28. The van der Waals surface area contributed by atoms with E-state index in [1.54, 1.807) is 13.8 Å². The standard InChI is InChI=1S/C8H18.C6H11NO3S/c1-3-5-7-8-6-4-2;1-3-9-6(8)5(11)4(2)10-7/h3-8H2,1-2H3;4H,3,7H2,1-2H3. The van der Waals surface area contributed by atoms with Crippen LogP contribution >= 0.6 is 12.2 Å². The molecule has 1 atom stereocenters. The topological polar surface area (TPSA) is 61.5 Å². The normalized spacial score (nSPS) is 11.2. The highest BCUT2D eigenvalue weighted by Gasteiger charge is 2.17. The summed E-state index contributed by atoms with van der Waals surface area (Å²) < 4.78 is 4.61. The van der Waals surface area contributed by atoms with E-state index in [4.69, 9.17) is 5.90 Å². The Kier molecular flexibility index (Phi) is 17.0. The maximum absolute atomic E-state index is 10.8. The van der Waals surface area contributed by atoms with Crippen LogP contribution in [0.4, 0.5) is 0 Å². The highest BCUT2D eigenvalue weighted by Crippen LogP contribution is 2.03. The number of unbranched alkanes of at least 4 members (excludes halogenated alkanes) is 5. The zero-order valence-electron chi connectivity index (χ0n) is 12.7. The summed E-state index contributed by atoms with van der Waals surface area (Å²) in [6.45, 7) is 8.10. The van der Waals surface area contributed by atoms with Gasteiger partial charge >= 0.3 is 5.97 Å². The van der Waals surface area contributed by atoms with Crippen LogP contribution in [-0.2, 0) is 14.4 Å². The SMILES string of the molecule is CCCCCCCC.CCOC(=O)C(=S)C(C)ON. The van der Waals surface area contributed by atoms with Crippen molar-refractivity contribution >= 4 is 23.1 Å². The lowest BCUT2D eigenvalue weighted by molar-refractivity contribution is -0.135. The molecule has 0 aromatic heterocycles. The molecule has 0 amide bonds. The van der Waals surface area contributed by atoms with Gasteiger partial charge in [-0.15, -0.1) is 0 Å². The molecule has 0 aromatic rings. The van der Waals surface area contributed by atoms with Crippen molar-refractivity contribution in [2.24, 2.45) is 5.90 Å². The minimum Gasteiger partial charge on any atom is -0.462 e. The molecule has 0 spiro atoms. The molecule has 1 unspecified atom stereocenters. The monoisotopic (exact) mass is 291 g/mol. The van der Waals surface area contributed by atoms with Gasteiger partial charge in [0.05, 0.1) is 6.61 Å². The predicted octanol–water partition coefficient (Wildman–Crippen LogP) is 3.57. The van der Waals surface area contributed by atoms with Crippen LogP contribution in [0.15, 0.2) is 0 Å². The molecule has 2 N–H and O–H groups in total. The van der Waals surface area contributed by atoms with Gasteiger partial charge in [-0.2, -0.15) is 0 Å². The smallest absolute Gasteiger partial charge is 0.347 e. The van der Waals surface area contributed by atoms with Crippen LogP contribution in [0.25, 0.3) is 0 Å². The molecule has 0 rings (SSSR count). The number of carbonyl (C=O) groups excluding carboxylic acids is 1. The highest BCUT2D eigenvalue weighted by atomic mass is 32.1. The molecule has 19 heavy (non-hydrogen) atoms. The van der Waals surface area contributed by atoms with Crippen molar-refractivity contribution in [1.29, 1.82) is 0 Å². The van der Waals surface area contributed by atoms with Crippen molar-refractivity contribution in [2.45, 2.75) is 72.3 Å². The lowest BCUT2D eigenvalue weighted by atomic mass is 10.1. The quantitative estimate of drug-likeness (QED) is 0.304. The minimum atomic E-state index is -0.566. The van der Waals surface area contributed by atoms with Gasteiger partial charge in [0.15, 0.2) is 0 Å². The van der Waals surface area contributed by atoms with Crippen LogP contribution in [0.2, 0.25) is 0 Å². The number of ether oxygens (including phenoxy) is 1. The molecule has 0 fully saturated rings. The fourth-order valence-corrected chi connectivity index (χ4v) is 1.40. The number of nitrogens with two attached hydrogens (primary N) is 1.